The fourth-order valence-electron chi connectivity index (χ4n) is 1.93. The lowest BCUT2D eigenvalue weighted by Gasteiger charge is -2.18. The van der Waals surface area contributed by atoms with Crippen LogP contribution in [0.15, 0.2) is 46.9 Å². The van der Waals surface area contributed by atoms with Crippen LogP contribution in [0.1, 0.15) is 17.2 Å². The molecule has 0 radical (unpaired) electrons. The zero-order valence-corrected chi connectivity index (χ0v) is 11.9. The van der Waals surface area contributed by atoms with Crippen LogP contribution in [0, 0.1) is 5.82 Å². The highest BCUT2D eigenvalue weighted by atomic mass is 79.9. The number of benzene rings is 2. The van der Waals surface area contributed by atoms with Crippen LogP contribution in [0.25, 0.3) is 0 Å². The zero-order chi connectivity index (χ0) is 13.8. The molecule has 0 saturated carbocycles. The van der Waals surface area contributed by atoms with E-state index < -0.39 is 0 Å². The molecule has 0 aliphatic rings. The summed E-state index contributed by atoms with van der Waals surface area (Å²) in [6.45, 7) is 0. The van der Waals surface area contributed by atoms with Gasteiger partial charge in [0.15, 0.2) is 0 Å². The van der Waals surface area contributed by atoms with E-state index in [2.05, 4.69) is 21.4 Å². The molecule has 0 aromatic heterocycles. The largest absolute Gasteiger partial charge is 0.496 e. The van der Waals surface area contributed by atoms with Crippen molar-refractivity contribution in [3.8, 4) is 5.75 Å². The summed E-state index contributed by atoms with van der Waals surface area (Å²) in [5, 5.41) is 0. The first-order valence-corrected chi connectivity index (χ1v) is 6.50. The van der Waals surface area contributed by atoms with E-state index in [9.17, 15) is 4.39 Å². The van der Waals surface area contributed by atoms with Gasteiger partial charge in [0.1, 0.15) is 11.6 Å². The lowest BCUT2D eigenvalue weighted by Crippen LogP contribution is -2.28. The first-order chi connectivity index (χ1) is 9.15. The van der Waals surface area contributed by atoms with Gasteiger partial charge < -0.3 is 4.74 Å². The molecule has 2 aromatic carbocycles. The molecular weight excluding hydrogens is 311 g/mol. The molecule has 3 N–H and O–H groups in total. The van der Waals surface area contributed by atoms with Gasteiger partial charge in [0.05, 0.1) is 17.6 Å². The predicted octanol–water partition coefficient (Wildman–Crippen LogP) is 3.15. The molecule has 0 saturated heterocycles. The predicted molar refractivity (Wildman–Crippen MR) is 76.3 cm³/mol. The molecule has 0 aliphatic heterocycles. The number of hydrogen-bond acceptors (Lipinski definition) is 3. The monoisotopic (exact) mass is 324 g/mol. The fraction of sp³-hybridized carbons (Fsp3) is 0.143. The fourth-order valence-corrected chi connectivity index (χ4v) is 2.49. The minimum atomic E-state index is -0.287. The minimum Gasteiger partial charge on any atom is -0.496 e. The molecular formula is C14H14BrFN2O. The molecule has 3 nitrogen and oxygen atoms in total. The lowest BCUT2D eigenvalue weighted by atomic mass is 9.99. The third-order valence-electron chi connectivity index (χ3n) is 2.86. The van der Waals surface area contributed by atoms with Gasteiger partial charge in [-0.2, -0.15) is 0 Å². The van der Waals surface area contributed by atoms with Crippen LogP contribution >= 0.6 is 15.9 Å². The summed E-state index contributed by atoms with van der Waals surface area (Å²) in [4.78, 5) is 0. The van der Waals surface area contributed by atoms with Gasteiger partial charge in [-0.25, -0.2) is 9.82 Å². The third kappa shape index (κ3) is 3.12. The summed E-state index contributed by atoms with van der Waals surface area (Å²) in [5.74, 6) is 6.04. The zero-order valence-electron chi connectivity index (χ0n) is 10.4. The van der Waals surface area contributed by atoms with E-state index in [4.69, 9.17) is 10.6 Å². The number of ether oxygens (including phenoxy) is 1. The van der Waals surface area contributed by atoms with Gasteiger partial charge in [-0.3, -0.25) is 5.84 Å². The summed E-state index contributed by atoms with van der Waals surface area (Å²) < 4.78 is 19.3. The first-order valence-electron chi connectivity index (χ1n) is 5.70. The van der Waals surface area contributed by atoms with E-state index in [-0.39, 0.29) is 11.9 Å². The minimum absolute atomic E-state index is 0.280. The van der Waals surface area contributed by atoms with Gasteiger partial charge in [0, 0.05) is 0 Å². The number of halogens is 2. The molecule has 1 atom stereocenters. The van der Waals surface area contributed by atoms with Crippen molar-refractivity contribution in [3.05, 3.63) is 63.9 Å². The van der Waals surface area contributed by atoms with Crippen molar-refractivity contribution in [2.45, 2.75) is 6.04 Å². The highest BCUT2D eigenvalue weighted by Crippen LogP contribution is 2.30. The summed E-state index contributed by atoms with van der Waals surface area (Å²) in [6, 6.07) is 11.7. The van der Waals surface area contributed by atoms with Crippen LogP contribution in [0.5, 0.6) is 5.75 Å². The SMILES string of the molecule is COc1ccc(C(NN)c2cccc(F)c2)cc1Br. The average Bonchev–Trinajstić information content (AvgIpc) is 2.40. The molecule has 0 bridgehead atoms. The second kappa shape index (κ2) is 6.14. The third-order valence-corrected chi connectivity index (χ3v) is 3.48. The van der Waals surface area contributed by atoms with E-state index in [1.807, 2.05) is 24.3 Å². The maximum Gasteiger partial charge on any atom is 0.133 e. The van der Waals surface area contributed by atoms with Crippen LogP contribution in [0.3, 0.4) is 0 Å². The Morgan fingerprint density at radius 3 is 2.53 bits per heavy atom. The first kappa shape index (κ1) is 14.0. The van der Waals surface area contributed by atoms with Crippen molar-refractivity contribution in [2.24, 2.45) is 5.84 Å². The smallest absolute Gasteiger partial charge is 0.133 e. The Kier molecular flexibility index (Phi) is 4.52. The number of hydrogen-bond donors (Lipinski definition) is 2. The molecule has 0 heterocycles. The van der Waals surface area contributed by atoms with Crippen LogP contribution in [-0.4, -0.2) is 7.11 Å². The Morgan fingerprint density at radius 1 is 1.21 bits per heavy atom. The molecule has 0 spiro atoms. The number of nitrogens with one attached hydrogen (secondary N) is 1. The molecule has 2 rings (SSSR count). The van der Waals surface area contributed by atoms with E-state index in [1.54, 1.807) is 13.2 Å². The number of methoxy groups -OCH3 is 1. The van der Waals surface area contributed by atoms with E-state index >= 15 is 0 Å². The molecule has 0 fully saturated rings. The van der Waals surface area contributed by atoms with Gasteiger partial charge in [0.2, 0.25) is 0 Å². The molecule has 19 heavy (non-hydrogen) atoms. The van der Waals surface area contributed by atoms with Gasteiger partial charge in [-0.05, 0) is 51.3 Å². The summed E-state index contributed by atoms with van der Waals surface area (Å²) >= 11 is 3.42. The maximum atomic E-state index is 13.3. The van der Waals surface area contributed by atoms with E-state index in [0.29, 0.717) is 0 Å². The molecule has 5 heteroatoms. The Balaban J connectivity index is 2.39. The van der Waals surface area contributed by atoms with Crippen molar-refractivity contribution < 1.29 is 9.13 Å². The van der Waals surface area contributed by atoms with Crippen molar-refractivity contribution in [3.63, 3.8) is 0 Å². The van der Waals surface area contributed by atoms with Crippen LogP contribution < -0.4 is 16.0 Å². The average molecular weight is 325 g/mol. The van der Waals surface area contributed by atoms with Crippen LogP contribution in [0.2, 0.25) is 0 Å². The van der Waals surface area contributed by atoms with Gasteiger partial charge >= 0.3 is 0 Å². The maximum absolute atomic E-state index is 13.3. The molecule has 100 valence electrons. The standard InChI is InChI=1S/C14H14BrFN2O/c1-19-13-6-5-10(8-12(13)15)14(18-17)9-3-2-4-11(16)7-9/h2-8,14,18H,17H2,1H3. The van der Waals surface area contributed by atoms with E-state index in [1.165, 1.54) is 12.1 Å². The highest BCUT2D eigenvalue weighted by molar-refractivity contribution is 9.10. The lowest BCUT2D eigenvalue weighted by molar-refractivity contribution is 0.411. The van der Waals surface area contributed by atoms with Gasteiger partial charge in [0.25, 0.3) is 0 Å². The van der Waals surface area contributed by atoms with Crippen LogP contribution in [0.4, 0.5) is 4.39 Å². The topological polar surface area (TPSA) is 47.3 Å². The summed E-state index contributed by atoms with van der Waals surface area (Å²) in [6.07, 6.45) is 0. The molecule has 1 unspecified atom stereocenters. The van der Waals surface area contributed by atoms with Crippen molar-refractivity contribution >= 4 is 15.9 Å². The number of hydrazine groups is 1. The summed E-state index contributed by atoms with van der Waals surface area (Å²) in [5.41, 5.74) is 4.38. The van der Waals surface area contributed by atoms with Gasteiger partial charge in [-0.1, -0.05) is 18.2 Å². The van der Waals surface area contributed by atoms with Crippen LogP contribution in [-0.2, 0) is 0 Å². The van der Waals surface area contributed by atoms with Crippen molar-refractivity contribution in [1.82, 2.24) is 5.43 Å². The van der Waals surface area contributed by atoms with Gasteiger partial charge in [-0.15, -0.1) is 0 Å². The Morgan fingerprint density at radius 2 is 1.95 bits per heavy atom. The molecule has 2 aromatic rings. The number of nitrogens with two attached hydrogens (primary N) is 1. The normalized spacial score (nSPS) is 12.2. The second-order valence-electron chi connectivity index (χ2n) is 4.05. The number of rotatable bonds is 4. The van der Waals surface area contributed by atoms with E-state index in [0.717, 1.165) is 21.3 Å². The highest BCUT2D eigenvalue weighted by Gasteiger charge is 2.14. The Hall–Kier alpha value is -1.43. The van der Waals surface area contributed by atoms with Crippen molar-refractivity contribution in [1.29, 1.82) is 0 Å². The second-order valence-corrected chi connectivity index (χ2v) is 4.90. The molecule has 0 amide bonds. The quantitative estimate of drug-likeness (QED) is 0.671. The Bertz CT molecular complexity index is 577. The van der Waals surface area contributed by atoms with Crippen molar-refractivity contribution in [2.75, 3.05) is 7.11 Å². The Labute approximate surface area is 119 Å². The summed E-state index contributed by atoms with van der Waals surface area (Å²) in [7, 11) is 1.60. The molecule has 0 aliphatic carbocycles.